The minimum atomic E-state index is -0.329. The van der Waals surface area contributed by atoms with Gasteiger partial charge >= 0.3 is 0 Å². The van der Waals surface area contributed by atoms with Crippen LogP contribution in [0, 0.1) is 11.7 Å². The number of halogens is 1. The smallest absolute Gasteiger partial charge is 0.169 e. The highest BCUT2D eigenvalue weighted by Gasteiger charge is 2.27. The van der Waals surface area contributed by atoms with Crippen molar-refractivity contribution in [2.75, 3.05) is 13.1 Å². The molecule has 0 aliphatic carbocycles. The number of benzene rings is 1. The van der Waals surface area contributed by atoms with Gasteiger partial charge in [-0.15, -0.1) is 0 Å². The van der Waals surface area contributed by atoms with Crippen LogP contribution < -0.4 is 0 Å². The summed E-state index contributed by atoms with van der Waals surface area (Å²) in [6, 6.07) is 5.70. The summed E-state index contributed by atoms with van der Waals surface area (Å²) in [5, 5.41) is 0. The van der Waals surface area contributed by atoms with E-state index in [1.165, 1.54) is 24.3 Å². The van der Waals surface area contributed by atoms with Crippen LogP contribution in [0.25, 0.3) is 0 Å². The van der Waals surface area contributed by atoms with Gasteiger partial charge in [0.1, 0.15) is 11.7 Å². The molecule has 0 fully saturated rings. The van der Waals surface area contributed by atoms with Crippen molar-refractivity contribution in [3.63, 3.8) is 0 Å². The number of hydrogen-bond donors (Lipinski definition) is 0. The Bertz CT molecular complexity index is 628. The van der Waals surface area contributed by atoms with Gasteiger partial charge in [0.2, 0.25) is 0 Å². The van der Waals surface area contributed by atoms with E-state index in [1.54, 1.807) is 0 Å². The molecule has 0 bridgehead atoms. The van der Waals surface area contributed by atoms with E-state index in [0.29, 0.717) is 18.7 Å². The number of rotatable bonds is 2. The van der Waals surface area contributed by atoms with E-state index < -0.39 is 0 Å². The average Bonchev–Trinajstić information content (AvgIpc) is 2.47. The van der Waals surface area contributed by atoms with Gasteiger partial charge in [-0.05, 0) is 48.9 Å². The third-order valence-corrected chi connectivity index (χ3v) is 3.56. The molecular formula is C16H15FN2O. The summed E-state index contributed by atoms with van der Waals surface area (Å²) < 4.78 is 12.9. The molecule has 1 aromatic rings. The van der Waals surface area contributed by atoms with Crippen molar-refractivity contribution >= 4 is 11.6 Å². The van der Waals surface area contributed by atoms with Crippen LogP contribution in [0.2, 0.25) is 0 Å². The molecule has 1 atom stereocenters. The van der Waals surface area contributed by atoms with Crippen LogP contribution in [0.5, 0.6) is 0 Å². The van der Waals surface area contributed by atoms with Gasteiger partial charge in [0, 0.05) is 18.3 Å². The molecule has 2 aliphatic rings. The molecule has 0 N–H and O–H groups in total. The first kappa shape index (κ1) is 12.8. The quantitative estimate of drug-likeness (QED) is 0.774. The minimum absolute atomic E-state index is 0.0208. The van der Waals surface area contributed by atoms with E-state index >= 15 is 0 Å². The Hall–Kier alpha value is -2.23. The highest BCUT2D eigenvalue weighted by molar-refractivity contribution is 6.01. The molecule has 2 aliphatic heterocycles. The van der Waals surface area contributed by atoms with Crippen LogP contribution in [0.3, 0.4) is 0 Å². The second-order valence-corrected chi connectivity index (χ2v) is 5.12. The summed E-state index contributed by atoms with van der Waals surface area (Å²) in [6.07, 6.45) is 5.97. The zero-order valence-electron chi connectivity index (χ0n) is 11.2. The highest BCUT2D eigenvalue weighted by Crippen LogP contribution is 2.20. The second-order valence-electron chi connectivity index (χ2n) is 5.12. The number of ketones is 1. The van der Waals surface area contributed by atoms with Crippen LogP contribution in [0.4, 0.5) is 4.39 Å². The third-order valence-electron chi connectivity index (χ3n) is 3.56. The van der Waals surface area contributed by atoms with Gasteiger partial charge in [0.15, 0.2) is 5.78 Å². The van der Waals surface area contributed by atoms with E-state index in [9.17, 15) is 9.18 Å². The highest BCUT2D eigenvalue weighted by atomic mass is 19.1. The van der Waals surface area contributed by atoms with E-state index in [-0.39, 0.29) is 17.5 Å². The van der Waals surface area contributed by atoms with Crippen LogP contribution in [0.1, 0.15) is 17.3 Å². The summed E-state index contributed by atoms with van der Waals surface area (Å²) in [6.45, 7) is 3.13. The Kier molecular flexibility index (Phi) is 3.22. The molecule has 3 nitrogen and oxygen atoms in total. The maximum atomic E-state index is 12.9. The van der Waals surface area contributed by atoms with Crippen LogP contribution in [0.15, 0.2) is 53.2 Å². The molecule has 0 amide bonds. The summed E-state index contributed by atoms with van der Waals surface area (Å²) in [5.74, 6) is 0.423. The third kappa shape index (κ3) is 2.41. The number of amidine groups is 1. The van der Waals surface area contributed by atoms with Crippen molar-refractivity contribution in [1.29, 1.82) is 0 Å². The first-order valence-corrected chi connectivity index (χ1v) is 6.61. The summed E-state index contributed by atoms with van der Waals surface area (Å²) in [7, 11) is 0. The predicted molar refractivity (Wildman–Crippen MR) is 76.1 cm³/mol. The molecule has 0 aromatic heterocycles. The maximum Gasteiger partial charge on any atom is 0.169 e. The van der Waals surface area contributed by atoms with E-state index in [0.717, 1.165) is 11.4 Å². The van der Waals surface area contributed by atoms with Gasteiger partial charge in [-0.3, -0.25) is 9.79 Å². The normalized spacial score (nSPS) is 21.1. The van der Waals surface area contributed by atoms with Crippen molar-refractivity contribution < 1.29 is 9.18 Å². The number of carbonyl (C=O) groups is 1. The monoisotopic (exact) mass is 270 g/mol. The fraction of sp³-hybridized carbons (Fsp3) is 0.250. The molecule has 1 aromatic carbocycles. The number of fused-ring (bicyclic) bond motifs is 1. The Labute approximate surface area is 117 Å². The fourth-order valence-corrected chi connectivity index (χ4v) is 2.42. The van der Waals surface area contributed by atoms with Crippen LogP contribution in [-0.4, -0.2) is 29.6 Å². The molecule has 1 unspecified atom stereocenters. The first-order valence-electron chi connectivity index (χ1n) is 6.61. The zero-order chi connectivity index (χ0) is 14.1. The number of hydrogen-bond acceptors (Lipinski definition) is 3. The number of nitrogens with zero attached hydrogens (tertiary/aromatic N) is 2. The van der Waals surface area contributed by atoms with Gasteiger partial charge < -0.3 is 4.90 Å². The average molecular weight is 270 g/mol. The Balaban J connectivity index is 1.79. The predicted octanol–water partition coefficient (Wildman–Crippen LogP) is 2.81. The number of carbonyl (C=O) groups excluding carboxylic acids is 1. The van der Waals surface area contributed by atoms with Crippen molar-refractivity contribution in [1.82, 2.24) is 4.90 Å². The number of aliphatic imine (C=N–C) groups is 1. The molecule has 2 heterocycles. The second kappa shape index (κ2) is 5.04. The lowest BCUT2D eigenvalue weighted by Gasteiger charge is -2.31. The van der Waals surface area contributed by atoms with Gasteiger partial charge in [0.25, 0.3) is 0 Å². The molecule has 0 radical (unpaired) electrons. The lowest BCUT2D eigenvalue weighted by Crippen LogP contribution is -2.40. The minimum Gasteiger partial charge on any atom is -0.333 e. The van der Waals surface area contributed by atoms with Crippen molar-refractivity contribution in [2.24, 2.45) is 10.9 Å². The summed E-state index contributed by atoms with van der Waals surface area (Å²) in [5.41, 5.74) is 1.70. The van der Waals surface area contributed by atoms with Crippen molar-refractivity contribution in [2.45, 2.75) is 6.92 Å². The lowest BCUT2D eigenvalue weighted by molar-refractivity contribution is 0.0909. The molecule has 0 spiro atoms. The van der Waals surface area contributed by atoms with Crippen LogP contribution >= 0.6 is 0 Å². The standard InChI is InChI=1S/C16H15FN2O/c1-11-6-7-19-10-13(9-18-15(19)8-11)16(20)12-2-4-14(17)5-3-12/h2-8,13H,9-10H2,1H3. The molecule has 20 heavy (non-hydrogen) atoms. The van der Waals surface area contributed by atoms with Gasteiger partial charge in [0.05, 0.1) is 12.5 Å². The van der Waals surface area contributed by atoms with Gasteiger partial charge in [-0.1, -0.05) is 0 Å². The van der Waals surface area contributed by atoms with E-state index in [2.05, 4.69) is 4.99 Å². The largest absolute Gasteiger partial charge is 0.333 e. The van der Waals surface area contributed by atoms with Crippen LogP contribution in [-0.2, 0) is 0 Å². The number of Topliss-reactive ketones (excluding diaryl/α,β-unsaturated/α-hetero) is 1. The maximum absolute atomic E-state index is 12.9. The molecule has 4 heteroatoms. The first-order chi connectivity index (χ1) is 9.63. The van der Waals surface area contributed by atoms with Gasteiger partial charge in [-0.25, -0.2) is 4.39 Å². The molecule has 102 valence electrons. The summed E-state index contributed by atoms with van der Waals surface area (Å²) in [4.78, 5) is 18.8. The zero-order valence-corrected chi connectivity index (χ0v) is 11.2. The summed E-state index contributed by atoms with van der Waals surface area (Å²) >= 11 is 0. The molecule has 3 rings (SSSR count). The van der Waals surface area contributed by atoms with E-state index in [1.807, 2.05) is 30.2 Å². The molecule has 0 saturated heterocycles. The number of allylic oxidation sites excluding steroid dienone is 2. The molecular weight excluding hydrogens is 255 g/mol. The SMILES string of the molecule is CC1=CC2=NCC(C(=O)c3ccc(F)cc3)CN2C=C1. The lowest BCUT2D eigenvalue weighted by atomic mass is 9.95. The Morgan fingerprint density at radius 2 is 2.10 bits per heavy atom. The topological polar surface area (TPSA) is 32.7 Å². The van der Waals surface area contributed by atoms with Crippen molar-refractivity contribution in [3.05, 3.63) is 59.6 Å². The van der Waals surface area contributed by atoms with E-state index in [4.69, 9.17) is 0 Å². The van der Waals surface area contributed by atoms with Crippen molar-refractivity contribution in [3.8, 4) is 0 Å². The fourth-order valence-electron chi connectivity index (χ4n) is 2.42. The molecule has 0 saturated carbocycles. The Morgan fingerprint density at radius 1 is 1.35 bits per heavy atom. The Morgan fingerprint density at radius 3 is 2.85 bits per heavy atom. The van der Waals surface area contributed by atoms with Gasteiger partial charge in [-0.2, -0.15) is 0 Å².